The minimum absolute atomic E-state index is 0.00242. The predicted octanol–water partition coefficient (Wildman–Crippen LogP) is 6.41. The molecule has 0 saturated carbocycles. The number of nitrogens with zero attached hydrogens (tertiary/aromatic N) is 3. The Kier molecular flexibility index (Phi) is 6.97. The average molecular weight is 609 g/mol. The molecule has 0 radical (unpaired) electrons. The number of thiophene rings is 1. The Bertz CT molecular complexity index is 2050. The summed E-state index contributed by atoms with van der Waals surface area (Å²) >= 11 is 1.35. The van der Waals surface area contributed by atoms with Gasteiger partial charge in [-0.1, -0.05) is 42.5 Å². The summed E-state index contributed by atoms with van der Waals surface area (Å²) in [6.45, 7) is 2.28. The lowest BCUT2D eigenvalue weighted by atomic mass is 9.92. The van der Waals surface area contributed by atoms with Gasteiger partial charge in [-0.15, -0.1) is 0 Å². The maximum atomic E-state index is 13.3. The number of amides is 1. The summed E-state index contributed by atoms with van der Waals surface area (Å²) in [5.41, 5.74) is 6.56. The number of H-pyrrole nitrogens is 1. The second-order valence-electron chi connectivity index (χ2n) is 10.4. The van der Waals surface area contributed by atoms with Gasteiger partial charge in [0.25, 0.3) is 15.9 Å². The summed E-state index contributed by atoms with van der Waals surface area (Å²) in [4.78, 5) is 23.4. The third-order valence-electron chi connectivity index (χ3n) is 7.93. The number of hydrogen-bond acceptors (Lipinski definition) is 6. The molecule has 10 heteroatoms. The smallest absolute Gasteiger partial charge is 0.264 e. The van der Waals surface area contributed by atoms with E-state index in [9.17, 15) is 13.2 Å². The molecule has 1 N–H and O–H groups in total. The number of hydrogen-bond donors (Lipinski definition) is 1. The van der Waals surface area contributed by atoms with Crippen molar-refractivity contribution in [1.82, 2.24) is 14.9 Å². The number of carbonyl (C=O) groups is 1. The first-order valence-corrected chi connectivity index (χ1v) is 16.3. The molecule has 0 bridgehead atoms. The van der Waals surface area contributed by atoms with E-state index in [1.807, 2.05) is 65.7 Å². The Morgan fingerprint density at radius 3 is 2.47 bits per heavy atom. The zero-order valence-corrected chi connectivity index (χ0v) is 25.0. The Hall–Kier alpha value is -4.51. The van der Waals surface area contributed by atoms with Crippen LogP contribution in [0.4, 0.5) is 5.69 Å². The fourth-order valence-electron chi connectivity index (χ4n) is 5.60. The molecule has 1 aliphatic heterocycles. The highest BCUT2D eigenvalue weighted by Gasteiger charge is 2.24. The normalized spacial score (nSPS) is 13.9. The van der Waals surface area contributed by atoms with E-state index in [0.29, 0.717) is 43.2 Å². The van der Waals surface area contributed by atoms with Gasteiger partial charge in [0.05, 0.1) is 23.8 Å². The number of morpholine rings is 1. The molecule has 7 rings (SSSR count). The molecule has 43 heavy (non-hydrogen) atoms. The molecule has 8 nitrogen and oxygen atoms in total. The van der Waals surface area contributed by atoms with Gasteiger partial charge in [0.15, 0.2) is 0 Å². The highest BCUT2D eigenvalue weighted by Crippen LogP contribution is 2.41. The van der Waals surface area contributed by atoms with Gasteiger partial charge in [0.1, 0.15) is 5.65 Å². The molecule has 0 unspecified atom stereocenters. The van der Waals surface area contributed by atoms with Crippen LogP contribution in [-0.4, -0.2) is 62.5 Å². The predicted molar refractivity (Wildman–Crippen MR) is 171 cm³/mol. The van der Waals surface area contributed by atoms with Gasteiger partial charge in [-0.2, -0.15) is 11.3 Å². The fraction of sp³-hybridized carbons (Fsp3) is 0.152. The number of nitrogens with one attached hydrogen (secondary N) is 1. The van der Waals surface area contributed by atoms with Gasteiger partial charge < -0.3 is 14.6 Å². The number of pyridine rings is 1. The lowest BCUT2D eigenvalue weighted by Crippen LogP contribution is -2.40. The molecular formula is C33H28N4O4S2. The van der Waals surface area contributed by atoms with Crippen LogP contribution in [-0.2, 0) is 14.8 Å². The molecule has 0 aliphatic carbocycles. The zero-order chi connectivity index (χ0) is 29.6. The third-order valence-corrected chi connectivity index (χ3v) is 10.5. The van der Waals surface area contributed by atoms with Crippen LogP contribution in [0.5, 0.6) is 0 Å². The zero-order valence-electron chi connectivity index (χ0n) is 23.4. The molecule has 1 fully saturated rings. The number of fused-ring (bicyclic) bond motifs is 3. The van der Waals surface area contributed by atoms with Crippen LogP contribution in [0.3, 0.4) is 0 Å². The maximum Gasteiger partial charge on any atom is 0.264 e. The van der Waals surface area contributed by atoms with Gasteiger partial charge in [0, 0.05) is 64.7 Å². The summed E-state index contributed by atoms with van der Waals surface area (Å²) in [7, 11) is -2.13. The fourth-order valence-corrected chi connectivity index (χ4v) is 7.80. The Morgan fingerprint density at radius 2 is 1.74 bits per heavy atom. The van der Waals surface area contributed by atoms with E-state index >= 15 is 0 Å². The van der Waals surface area contributed by atoms with Gasteiger partial charge in [-0.05, 0) is 52.9 Å². The first-order valence-electron chi connectivity index (χ1n) is 13.9. The van der Waals surface area contributed by atoms with Crippen LogP contribution in [0.1, 0.15) is 10.4 Å². The van der Waals surface area contributed by atoms with Gasteiger partial charge in [0.2, 0.25) is 0 Å². The van der Waals surface area contributed by atoms with Crippen molar-refractivity contribution in [2.24, 2.45) is 0 Å². The molecular weight excluding hydrogens is 581 g/mol. The molecule has 4 heterocycles. The first-order chi connectivity index (χ1) is 20.9. The van der Waals surface area contributed by atoms with Crippen molar-refractivity contribution < 1.29 is 17.9 Å². The van der Waals surface area contributed by atoms with Crippen LogP contribution in [0, 0.1) is 0 Å². The minimum atomic E-state index is -3.71. The molecule has 1 amide bonds. The minimum Gasteiger partial charge on any atom is -0.378 e. The Labute approximate surface area is 253 Å². The monoisotopic (exact) mass is 608 g/mol. The van der Waals surface area contributed by atoms with E-state index in [0.717, 1.165) is 38.5 Å². The number of aromatic nitrogens is 2. The van der Waals surface area contributed by atoms with E-state index in [1.54, 1.807) is 29.9 Å². The number of aromatic amines is 1. The summed E-state index contributed by atoms with van der Waals surface area (Å²) in [5.74, 6) is -0.00242. The highest BCUT2D eigenvalue weighted by atomic mass is 32.2. The van der Waals surface area contributed by atoms with Gasteiger partial charge in [-0.25, -0.2) is 13.4 Å². The number of benzene rings is 3. The van der Waals surface area contributed by atoms with Crippen molar-refractivity contribution in [1.29, 1.82) is 0 Å². The Morgan fingerprint density at radius 1 is 0.977 bits per heavy atom. The molecule has 0 atom stereocenters. The highest BCUT2D eigenvalue weighted by molar-refractivity contribution is 7.93. The van der Waals surface area contributed by atoms with E-state index in [1.165, 1.54) is 15.6 Å². The second-order valence-corrected chi connectivity index (χ2v) is 13.2. The second kappa shape index (κ2) is 11.0. The molecule has 0 spiro atoms. The van der Waals surface area contributed by atoms with Crippen molar-refractivity contribution in [3.8, 4) is 22.3 Å². The lowest BCUT2D eigenvalue weighted by molar-refractivity contribution is 0.0303. The third kappa shape index (κ3) is 4.87. The van der Waals surface area contributed by atoms with Crippen molar-refractivity contribution in [3.05, 3.63) is 101 Å². The van der Waals surface area contributed by atoms with Crippen molar-refractivity contribution in [2.75, 3.05) is 37.7 Å². The summed E-state index contributed by atoms with van der Waals surface area (Å²) in [5, 5.41) is 5.16. The summed E-state index contributed by atoms with van der Waals surface area (Å²) in [6, 6.07) is 25.0. The largest absolute Gasteiger partial charge is 0.378 e. The molecule has 3 aromatic carbocycles. The van der Waals surface area contributed by atoms with E-state index in [2.05, 4.69) is 17.1 Å². The molecule has 6 aromatic rings. The standard InChI is InChI=1S/C33H28N4O4S2/c1-36(43(39,40)26-13-18-42-21-26)25-11-12-29-27(19-25)31-30(23-5-3-2-4-6-23)28(20-34-32(31)35-29)22-7-9-24(10-8-22)33(38)37-14-16-41-17-15-37/h2-13,18-21H,14-17H2,1H3,(H,34,35). The molecule has 1 saturated heterocycles. The van der Waals surface area contributed by atoms with Gasteiger partial charge >= 0.3 is 0 Å². The van der Waals surface area contributed by atoms with Crippen LogP contribution < -0.4 is 4.31 Å². The van der Waals surface area contributed by atoms with Gasteiger partial charge in [-0.3, -0.25) is 9.10 Å². The maximum absolute atomic E-state index is 13.3. The summed E-state index contributed by atoms with van der Waals surface area (Å²) < 4.78 is 33.3. The van der Waals surface area contributed by atoms with E-state index in [4.69, 9.17) is 9.72 Å². The quantitative estimate of drug-likeness (QED) is 0.236. The van der Waals surface area contributed by atoms with E-state index < -0.39 is 10.0 Å². The van der Waals surface area contributed by atoms with Crippen LogP contribution >= 0.6 is 11.3 Å². The van der Waals surface area contributed by atoms with Crippen molar-refractivity contribution >= 4 is 54.9 Å². The SMILES string of the molecule is CN(c1ccc2[nH]c3ncc(-c4ccc(C(=O)N5CCOCC5)cc4)c(-c4ccccc4)c3c2c1)S(=O)(=O)c1ccsc1. The summed E-state index contributed by atoms with van der Waals surface area (Å²) in [6.07, 6.45) is 1.85. The topological polar surface area (TPSA) is 95.6 Å². The number of carbonyl (C=O) groups excluding carboxylic acids is 1. The van der Waals surface area contributed by atoms with E-state index in [-0.39, 0.29) is 10.8 Å². The number of sulfonamides is 1. The number of ether oxygens (including phenoxy) is 1. The van der Waals surface area contributed by atoms with Crippen molar-refractivity contribution in [2.45, 2.75) is 4.90 Å². The van der Waals surface area contributed by atoms with Crippen LogP contribution in [0.2, 0.25) is 0 Å². The molecule has 216 valence electrons. The lowest BCUT2D eigenvalue weighted by Gasteiger charge is -2.26. The number of rotatable bonds is 6. The molecule has 3 aromatic heterocycles. The van der Waals surface area contributed by atoms with Crippen LogP contribution in [0.15, 0.2) is 101 Å². The number of anilines is 1. The Balaban J connectivity index is 1.37. The first kappa shape index (κ1) is 27.3. The molecule has 1 aliphatic rings. The average Bonchev–Trinajstić information content (AvgIpc) is 3.74. The van der Waals surface area contributed by atoms with Crippen molar-refractivity contribution in [3.63, 3.8) is 0 Å². The van der Waals surface area contributed by atoms with Crippen LogP contribution in [0.25, 0.3) is 44.2 Å².